The smallest absolute Gasteiger partial charge is 0.253 e. The molecule has 4 nitrogen and oxygen atoms in total. The number of amides is 1. The van der Waals surface area contributed by atoms with Crippen molar-refractivity contribution >= 4 is 11.7 Å². The van der Waals surface area contributed by atoms with Gasteiger partial charge < -0.3 is 10.6 Å². The van der Waals surface area contributed by atoms with E-state index in [1.54, 1.807) is 24.3 Å². The number of hydrogen-bond donors (Lipinski definition) is 1. The standard InChI is InChI=1S/C15H20N2O2/c1-11(18)12-3-5-13(6-4-12)14(19)17-8-7-15(2,9-16)10-17/h3-6H,7-10,16H2,1-2H3. The Balaban J connectivity index is 2.10. The number of hydrogen-bond acceptors (Lipinski definition) is 3. The summed E-state index contributed by atoms with van der Waals surface area (Å²) in [7, 11) is 0. The van der Waals surface area contributed by atoms with Crippen LogP contribution in [-0.4, -0.2) is 36.2 Å². The molecule has 1 fully saturated rings. The Labute approximate surface area is 113 Å². The fourth-order valence-corrected chi connectivity index (χ4v) is 2.39. The first-order valence-corrected chi connectivity index (χ1v) is 6.55. The van der Waals surface area contributed by atoms with Crippen molar-refractivity contribution in [2.45, 2.75) is 20.3 Å². The highest BCUT2D eigenvalue weighted by Crippen LogP contribution is 2.29. The van der Waals surface area contributed by atoms with E-state index < -0.39 is 0 Å². The van der Waals surface area contributed by atoms with Gasteiger partial charge in [0.25, 0.3) is 5.91 Å². The fourth-order valence-electron chi connectivity index (χ4n) is 2.39. The molecule has 102 valence electrons. The number of rotatable bonds is 3. The summed E-state index contributed by atoms with van der Waals surface area (Å²) in [5.41, 5.74) is 7.04. The van der Waals surface area contributed by atoms with Crippen LogP contribution in [0.15, 0.2) is 24.3 Å². The molecule has 1 atom stereocenters. The molecule has 0 saturated carbocycles. The topological polar surface area (TPSA) is 63.4 Å². The second-order valence-corrected chi connectivity index (χ2v) is 5.63. The molecule has 4 heteroatoms. The Hall–Kier alpha value is -1.68. The molecule has 1 unspecified atom stereocenters. The van der Waals surface area contributed by atoms with E-state index >= 15 is 0 Å². The summed E-state index contributed by atoms with van der Waals surface area (Å²) in [5, 5.41) is 0. The summed E-state index contributed by atoms with van der Waals surface area (Å²) in [6, 6.07) is 6.84. The third-order valence-corrected chi connectivity index (χ3v) is 3.88. The molecule has 1 aliphatic rings. The maximum absolute atomic E-state index is 12.3. The lowest BCUT2D eigenvalue weighted by atomic mass is 9.90. The van der Waals surface area contributed by atoms with Crippen LogP contribution in [0.4, 0.5) is 0 Å². The van der Waals surface area contributed by atoms with Gasteiger partial charge in [-0.05, 0) is 37.4 Å². The highest BCUT2D eigenvalue weighted by atomic mass is 16.2. The molecule has 0 aromatic heterocycles. The normalized spacial score (nSPS) is 22.6. The van der Waals surface area contributed by atoms with Crippen LogP contribution in [0, 0.1) is 5.41 Å². The second kappa shape index (κ2) is 5.13. The molecule has 0 aliphatic carbocycles. The van der Waals surface area contributed by atoms with Crippen molar-refractivity contribution in [3.8, 4) is 0 Å². The number of carbonyl (C=O) groups excluding carboxylic acids is 2. The molecule has 2 rings (SSSR count). The average Bonchev–Trinajstić information content (AvgIpc) is 2.81. The van der Waals surface area contributed by atoms with Gasteiger partial charge in [0.1, 0.15) is 0 Å². The molecule has 1 amide bonds. The van der Waals surface area contributed by atoms with Crippen molar-refractivity contribution in [1.82, 2.24) is 4.90 Å². The summed E-state index contributed by atoms with van der Waals surface area (Å²) in [6.07, 6.45) is 0.945. The van der Waals surface area contributed by atoms with Gasteiger partial charge in [-0.3, -0.25) is 9.59 Å². The number of likely N-dealkylation sites (tertiary alicyclic amines) is 1. The van der Waals surface area contributed by atoms with Crippen LogP contribution in [0.5, 0.6) is 0 Å². The van der Waals surface area contributed by atoms with Crippen molar-refractivity contribution in [2.24, 2.45) is 11.1 Å². The zero-order valence-corrected chi connectivity index (χ0v) is 11.5. The van der Waals surface area contributed by atoms with Crippen LogP contribution < -0.4 is 5.73 Å². The molecule has 0 radical (unpaired) electrons. The monoisotopic (exact) mass is 260 g/mol. The minimum atomic E-state index is 0.0101. The lowest BCUT2D eigenvalue weighted by molar-refractivity contribution is 0.0776. The molecule has 0 bridgehead atoms. The molecular formula is C15H20N2O2. The number of ketones is 1. The van der Waals surface area contributed by atoms with E-state index in [0.29, 0.717) is 24.2 Å². The van der Waals surface area contributed by atoms with Gasteiger partial charge in [-0.2, -0.15) is 0 Å². The van der Waals surface area contributed by atoms with Crippen molar-refractivity contribution < 1.29 is 9.59 Å². The van der Waals surface area contributed by atoms with Crippen molar-refractivity contribution in [3.05, 3.63) is 35.4 Å². The van der Waals surface area contributed by atoms with Crippen molar-refractivity contribution in [3.63, 3.8) is 0 Å². The van der Waals surface area contributed by atoms with Crippen LogP contribution in [-0.2, 0) is 0 Å². The molecule has 2 N–H and O–H groups in total. The number of benzene rings is 1. The summed E-state index contributed by atoms with van der Waals surface area (Å²) in [6.45, 7) is 5.68. The van der Waals surface area contributed by atoms with Gasteiger partial charge in [0.2, 0.25) is 0 Å². The van der Waals surface area contributed by atoms with Gasteiger partial charge in [-0.25, -0.2) is 0 Å². The van der Waals surface area contributed by atoms with E-state index in [9.17, 15) is 9.59 Å². The number of Topliss-reactive ketones (excluding diaryl/α,β-unsaturated/α-hetero) is 1. The van der Waals surface area contributed by atoms with Gasteiger partial charge in [-0.15, -0.1) is 0 Å². The Bertz CT molecular complexity index is 495. The fraction of sp³-hybridized carbons (Fsp3) is 0.467. The molecule has 1 aliphatic heterocycles. The van der Waals surface area contributed by atoms with Crippen LogP contribution in [0.3, 0.4) is 0 Å². The Morgan fingerprint density at radius 2 is 1.84 bits per heavy atom. The average molecular weight is 260 g/mol. The third-order valence-electron chi connectivity index (χ3n) is 3.88. The third kappa shape index (κ3) is 2.84. The van der Waals surface area contributed by atoms with E-state index in [2.05, 4.69) is 6.92 Å². The largest absolute Gasteiger partial charge is 0.338 e. The quantitative estimate of drug-likeness (QED) is 0.841. The van der Waals surface area contributed by atoms with Crippen molar-refractivity contribution in [2.75, 3.05) is 19.6 Å². The zero-order chi connectivity index (χ0) is 14.0. The molecule has 19 heavy (non-hydrogen) atoms. The van der Waals surface area contributed by atoms with E-state index in [-0.39, 0.29) is 17.1 Å². The predicted octanol–water partition coefficient (Wildman–Crippen LogP) is 1.70. The summed E-state index contributed by atoms with van der Waals surface area (Å²) in [4.78, 5) is 25.4. The van der Waals surface area contributed by atoms with Crippen LogP contribution >= 0.6 is 0 Å². The number of nitrogens with zero attached hydrogens (tertiary/aromatic N) is 1. The first-order valence-electron chi connectivity index (χ1n) is 6.55. The molecular weight excluding hydrogens is 240 g/mol. The molecule has 1 aromatic carbocycles. The first kappa shape index (κ1) is 13.7. The summed E-state index contributed by atoms with van der Waals surface area (Å²) >= 11 is 0. The summed E-state index contributed by atoms with van der Waals surface area (Å²) < 4.78 is 0. The zero-order valence-electron chi connectivity index (χ0n) is 11.5. The van der Waals surface area contributed by atoms with E-state index in [4.69, 9.17) is 5.73 Å². The number of carbonyl (C=O) groups is 2. The first-order chi connectivity index (χ1) is 8.95. The van der Waals surface area contributed by atoms with E-state index in [1.807, 2.05) is 4.90 Å². The van der Waals surface area contributed by atoms with Gasteiger partial charge in [-0.1, -0.05) is 19.1 Å². The van der Waals surface area contributed by atoms with E-state index in [0.717, 1.165) is 13.0 Å². The van der Waals surface area contributed by atoms with Crippen molar-refractivity contribution in [1.29, 1.82) is 0 Å². The van der Waals surface area contributed by atoms with Crippen LogP contribution in [0.25, 0.3) is 0 Å². The molecule has 1 aromatic rings. The minimum absolute atomic E-state index is 0.0101. The van der Waals surface area contributed by atoms with E-state index in [1.165, 1.54) is 6.92 Å². The molecule has 1 saturated heterocycles. The number of nitrogens with two attached hydrogens (primary N) is 1. The highest BCUT2D eigenvalue weighted by molar-refractivity contribution is 5.97. The van der Waals surface area contributed by atoms with Gasteiger partial charge >= 0.3 is 0 Å². The molecule has 1 heterocycles. The Morgan fingerprint density at radius 1 is 1.26 bits per heavy atom. The minimum Gasteiger partial charge on any atom is -0.338 e. The van der Waals surface area contributed by atoms with Gasteiger partial charge in [0.15, 0.2) is 5.78 Å². The van der Waals surface area contributed by atoms with Gasteiger partial charge in [0.05, 0.1) is 0 Å². The van der Waals surface area contributed by atoms with Gasteiger partial charge in [0, 0.05) is 24.2 Å². The highest BCUT2D eigenvalue weighted by Gasteiger charge is 2.35. The van der Waals surface area contributed by atoms with Crippen LogP contribution in [0.2, 0.25) is 0 Å². The lowest BCUT2D eigenvalue weighted by Gasteiger charge is -2.22. The maximum atomic E-state index is 12.3. The predicted molar refractivity (Wildman–Crippen MR) is 74.1 cm³/mol. The lowest BCUT2D eigenvalue weighted by Crippen LogP contribution is -2.34. The summed E-state index contributed by atoms with van der Waals surface area (Å²) in [5.74, 6) is 0.0307. The second-order valence-electron chi connectivity index (χ2n) is 5.63. The maximum Gasteiger partial charge on any atom is 0.253 e. The molecule has 0 spiro atoms. The SMILES string of the molecule is CC(=O)c1ccc(C(=O)N2CCC(C)(CN)C2)cc1. The Kier molecular flexibility index (Phi) is 3.71. The van der Waals surface area contributed by atoms with Crippen LogP contribution in [0.1, 0.15) is 41.0 Å². The Morgan fingerprint density at radius 3 is 2.32 bits per heavy atom.